The van der Waals surface area contributed by atoms with Crippen molar-refractivity contribution in [1.82, 2.24) is 24.0 Å². The van der Waals surface area contributed by atoms with Crippen molar-refractivity contribution in [3.05, 3.63) is 74.1 Å². The number of nitrogens with zero attached hydrogens (tertiary/aromatic N) is 4. The molecular formula is C22H22ClN5O3. The highest BCUT2D eigenvalue weighted by molar-refractivity contribution is 6.31. The molecule has 0 spiro atoms. The maximum Gasteiger partial charge on any atom is 0.328 e. The Labute approximate surface area is 182 Å². The second-order valence-electron chi connectivity index (χ2n) is 7.31. The lowest BCUT2D eigenvalue weighted by Gasteiger charge is -2.20. The first-order valence-electron chi connectivity index (χ1n) is 9.99. The van der Waals surface area contributed by atoms with Gasteiger partial charge >= 0.3 is 5.69 Å². The molecule has 1 amide bonds. The molecule has 2 aromatic carbocycles. The fourth-order valence-electron chi connectivity index (χ4n) is 3.74. The lowest BCUT2D eigenvalue weighted by atomic mass is 10.2. The number of amides is 1. The maximum atomic E-state index is 12.9. The largest absolute Gasteiger partial charge is 0.335 e. The Morgan fingerprint density at radius 1 is 1.16 bits per heavy atom. The molecule has 1 N–H and O–H groups in total. The van der Waals surface area contributed by atoms with Crippen molar-refractivity contribution >= 4 is 39.4 Å². The second-order valence-corrected chi connectivity index (χ2v) is 7.75. The number of aromatic amines is 1. The number of para-hydroxylation sites is 2. The molecule has 9 heteroatoms. The van der Waals surface area contributed by atoms with Crippen molar-refractivity contribution in [3.63, 3.8) is 0 Å². The van der Waals surface area contributed by atoms with Gasteiger partial charge < -0.3 is 9.88 Å². The van der Waals surface area contributed by atoms with Gasteiger partial charge in [-0.3, -0.25) is 18.7 Å². The second kappa shape index (κ2) is 8.39. The molecule has 160 valence electrons. The Bertz CT molecular complexity index is 1400. The summed E-state index contributed by atoms with van der Waals surface area (Å²) in [5.74, 6) is 0.258. The summed E-state index contributed by atoms with van der Waals surface area (Å²) in [5.41, 5.74) is 1.67. The third-order valence-corrected chi connectivity index (χ3v) is 5.63. The summed E-state index contributed by atoms with van der Waals surface area (Å²) in [5, 5.41) is 0.929. The number of aryl methyl sites for hydroxylation is 2. The lowest BCUT2D eigenvalue weighted by Crippen LogP contribution is -2.33. The Morgan fingerprint density at radius 3 is 2.65 bits per heavy atom. The number of hydrogen-bond acceptors (Lipinski definition) is 4. The number of imidazole rings is 1. The average Bonchev–Trinajstić information content (AvgIpc) is 3.00. The van der Waals surface area contributed by atoms with Crippen LogP contribution >= 0.6 is 11.6 Å². The number of nitrogens with one attached hydrogen (secondary N) is 1. The number of carbonyl (C=O) groups excluding carboxylic acids is 1. The van der Waals surface area contributed by atoms with Crippen LogP contribution in [-0.4, -0.2) is 36.5 Å². The van der Waals surface area contributed by atoms with Gasteiger partial charge in [-0.15, -0.1) is 0 Å². The standard InChI is InChI=1S/C22H22ClN5O3/c1-3-27(13-19-24-16-12-14(23)8-9-15(16)21(30)25-19)20(29)10-11-28-18-7-5-4-6-17(18)26(2)22(28)31/h4-9,12H,3,10-11,13H2,1-2H3,(H,24,25,30). The molecule has 0 aliphatic rings. The Morgan fingerprint density at radius 2 is 1.90 bits per heavy atom. The van der Waals surface area contributed by atoms with Crippen LogP contribution in [0.5, 0.6) is 0 Å². The summed E-state index contributed by atoms with van der Waals surface area (Å²) in [6.07, 6.45) is 0.158. The third kappa shape index (κ3) is 3.98. The fourth-order valence-corrected chi connectivity index (χ4v) is 3.90. The number of rotatable bonds is 6. The van der Waals surface area contributed by atoms with Gasteiger partial charge in [0.1, 0.15) is 5.82 Å². The van der Waals surface area contributed by atoms with E-state index in [2.05, 4.69) is 9.97 Å². The minimum atomic E-state index is -0.275. The number of halogens is 1. The molecule has 2 aromatic heterocycles. The number of carbonyl (C=O) groups is 1. The molecule has 8 nitrogen and oxygen atoms in total. The summed E-state index contributed by atoms with van der Waals surface area (Å²) in [7, 11) is 1.72. The molecule has 0 fully saturated rings. The molecule has 4 aromatic rings. The van der Waals surface area contributed by atoms with Crippen LogP contribution in [0.25, 0.3) is 21.9 Å². The van der Waals surface area contributed by atoms with E-state index < -0.39 is 0 Å². The molecule has 0 saturated carbocycles. The molecule has 31 heavy (non-hydrogen) atoms. The highest BCUT2D eigenvalue weighted by Crippen LogP contribution is 2.16. The predicted molar refractivity (Wildman–Crippen MR) is 120 cm³/mol. The number of benzene rings is 2. The molecule has 2 heterocycles. The van der Waals surface area contributed by atoms with E-state index in [1.165, 1.54) is 0 Å². The lowest BCUT2D eigenvalue weighted by molar-refractivity contribution is -0.131. The van der Waals surface area contributed by atoms with Crippen molar-refractivity contribution in [2.45, 2.75) is 26.4 Å². The number of H-pyrrole nitrogens is 1. The van der Waals surface area contributed by atoms with E-state index >= 15 is 0 Å². The van der Waals surface area contributed by atoms with Gasteiger partial charge in [-0.2, -0.15) is 0 Å². The summed E-state index contributed by atoms with van der Waals surface area (Å²) in [6.45, 7) is 2.74. The molecule has 4 rings (SSSR count). The molecule has 0 radical (unpaired) electrons. The number of aromatic nitrogens is 4. The zero-order valence-electron chi connectivity index (χ0n) is 17.3. The minimum Gasteiger partial charge on any atom is -0.335 e. The predicted octanol–water partition coefficient (Wildman–Crippen LogP) is 2.67. The van der Waals surface area contributed by atoms with E-state index in [1.54, 1.807) is 39.3 Å². The third-order valence-electron chi connectivity index (χ3n) is 5.39. The first-order valence-corrected chi connectivity index (χ1v) is 10.4. The van der Waals surface area contributed by atoms with Crippen LogP contribution in [0.1, 0.15) is 19.2 Å². The first-order chi connectivity index (χ1) is 14.9. The highest BCUT2D eigenvalue weighted by atomic mass is 35.5. The van der Waals surface area contributed by atoms with E-state index in [9.17, 15) is 14.4 Å². The summed E-state index contributed by atoms with van der Waals surface area (Å²) >= 11 is 6.02. The van der Waals surface area contributed by atoms with Gasteiger partial charge in [-0.1, -0.05) is 23.7 Å². The van der Waals surface area contributed by atoms with Crippen LogP contribution in [0.2, 0.25) is 5.02 Å². The zero-order chi connectivity index (χ0) is 22.1. The first kappa shape index (κ1) is 20.9. The molecule has 0 saturated heterocycles. The topological polar surface area (TPSA) is 93.0 Å². The van der Waals surface area contributed by atoms with Crippen LogP contribution in [-0.2, 0) is 24.9 Å². The van der Waals surface area contributed by atoms with Crippen LogP contribution in [0.4, 0.5) is 0 Å². The maximum absolute atomic E-state index is 12.9. The Kier molecular flexibility index (Phi) is 5.65. The van der Waals surface area contributed by atoms with Gasteiger partial charge in [0, 0.05) is 31.6 Å². The SMILES string of the molecule is CCN(Cc1nc2cc(Cl)ccc2c(=O)[nH]1)C(=O)CCn1c(=O)n(C)c2ccccc21. The van der Waals surface area contributed by atoms with Gasteiger partial charge in [0.25, 0.3) is 5.56 Å². The van der Waals surface area contributed by atoms with Crippen LogP contribution in [0.3, 0.4) is 0 Å². The van der Waals surface area contributed by atoms with Gasteiger partial charge in [0.2, 0.25) is 5.91 Å². The van der Waals surface area contributed by atoms with Crippen molar-refractivity contribution in [2.75, 3.05) is 6.54 Å². The summed E-state index contributed by atoms with van der Waals surface area (Å²) < 4.78 is 3.19. The highest BCUT2D eigenvalue weighted by Gasteiger charge is 2.17. The Hall–Kier alpha value is -3.39. The van der Waals surface area contributed by atoms with E-state index in [0.29, 0.717) is 28.3 Å². The van der Waals surface area contributed by atoms with Gasteiger partial charge in [0.05, 0.1) is 28.5 Å². The Balaban J connectivity index is 1.53. The molecular weight excluding hydrogens is 418 g/mol. The van der Waals surface area contributed by atoms with Crippen LogP contribution in [0, 0.1) is 0 Å². The molecule has 0 aliphatic carbocycles. The van der Waals surface area contributed by atoms with E-state index in [1.807, 2.05) is 31.2 Å². The van der Waals surface area contributed by atoms with E-state index in [0.717, 1.165) is 11.0 Å². The summed E-state index contributed by atoms with van der Waals surface area (Å²) in [4.78, 5) is 46.6. The number of hydrogen-bond donors (Lipinski definition) is 1. The zero-order valence-corrected chi connectivity index (χ0v) is 18.0. The average molecular weight is 440 g/mol. The molecule has 0 unspecified atom stereocenters. The minimum absolute atomic E-state index is 0.129. The van der Waals surface area contributed by atoms with Crippen molar-refractivity contribution in [3.8, 4) is 0 Å². The monoisotopic (exact) mass is 439 g/mol. The quantitative estimate of drug-likeness (QED) is 0.500. The van der Waals surface area contributed by atoms with Gasteiger partial charge in [-0.05, 0) is 37.3 Å². The van der Waals surface area contributed by atoms with Crippen molar-refractivity contribution in [2.24, 2.45) is 7.05 Å². The van der Waals surface area contributed by atoms with E-state index in [-0.39, 0.29) is 36.7 Å². The molecule has 0 aliphatic heterocycles. The fraction of sp³-hybridized carbons (Fsp3) is 0.273. The van der Waals surface area contributed by atoms with Crippen LogP contribution < -0.4 is 11.2 Å². The summed E-state index contributed by atoms with van der Waals surface area (Å²) in [6, 6.07) is 12.4. The van der Waals surface area contributed by atoms with Crippen LogP contribution in [0.15, 0.2) is 52.1 Å². The molecule has 0 atom stereocenters. The smallest absolute Gasteiger partial charge is 0.328 e. The normalized spacial score (nSPS) is 11.3. The van der Waals surface area contributed by atoms with Crippen molar-refractivity contribution < 1.29 is 4.79 Å². The molecule has 0 bridgehead atoms. The van der Waals surface area contributed by atoms with Gasteiger partial charge in [0.15, 0.2) is 0 Å². The van der Waals surface area contributed by atoms with Crippen molar-refractivity contribution in [1.29, 1.82) is 0 Å². The van der Waals surface area contributed by atoms with Gasteiger partial charge in [-0.25, -0.2) is 9.78 Å². The number of fused-ring (bicyclic) bond motifs is 2. The van der Waals surface area contributed by atoms with E-state index in [4.69, 9.17) is 11.6 Å².